The Balaban J connectivity index is 1.65. The van der Waals surface area contributed by atoms with Crippen molar-refractivity contribution in [1.82, 2.24) is 14.7 Å². The molecule has 1 saturated carbocycles. The summed E-state index contributed by atoms with van der Waals surface area (Å²) in [5.41, 5.74) is 0.00540. The Hall–Kier alpha value is -2.40. The average Bonchev–Trinajstić information content (AvgIpc) is 3.00. The van der Waals surface area contributed by atoms with Gasteiger partial charge in [-0.2, -0.15) is 13.2 Å². The molecule has 158 valence electrons. The van der Waals surface area contributed by atoms with Crippen LogP contribution in [-0.2, 0) is 20.9 Å². The van der Waals surface area contributed by atoms with Crippen LogP contribution in [0.5, 0.6) is 0 Å². The lowest BCUT2D eigenvalue weighted by molar-refractivity contribution is -0.137. The van der Waals surface area contributed by atoms with Crippen molar-refractivity contribution in [2.75, 3.05) is 6.61 Å². The van der Waals surface area contributed by atoms with Crippen LogP contribution in [0.25, 0.3) is 0 Å². The molecule has 0 radical (unpaired) electrons. The minimum absolute atomic E-state index is 0.131. The number of alkyl halides is 3. The predicted molar refractivity (Wildman–Crippen MR) is 96.8 cm³/mol. The highest BCUT2D eigenvalue weighted by atomic mass is 32.2. The van der Waals surface area contributed by atoms with Gasteiger partial charge >= 0.3 is 12.1 Å². The fourth-order valence-electron chi connectivity index (χ4n) is 3.18. The number of carbonyl (C=O) groups is 1. The minimum Gasteiger partial charge on any atom is -0.462 e. The van der Waals surface area contributed by atoms with Crippen LogP contribution in [0.1, 0.15) is 53.0 Å². The molecule has 0 spiro atoms. The summed E-state index contributed by atoms with van der Waals surface area (Å²) in [5, 5.41) is -0.168. The van der Waals surface area contributed by atoms with Gasteiger partial charge < -0.3 is 9.72 Å². The van der Waals surface area contributed by atoms with Gasteiger partial charge in [-0.1, -0.05) is 0 Å². The number of nitrogens with zero attached hydrogens (tertiary/aromatic N) is 1. The first-order valence-corrected chi connectivity index (χ1v) is 10.4. The van der Waals surface area contributed by atoms with E-state index in [2.05, 4.69) is 14.7 Å². The Morgan fingerprint density at radius 2 is 2.03 bits per heavy atom. The topological polar surface area (TPSA) is 101 Å². The number of pyridine rings is 1. The molecule has 2 N–H and O–H groups in total. The number of esters is 1. The van der Waals surface area contributed by atoms with E-state index in [4.69, 9.17) is 4.74 Å². The van der Waals surface area contributed by atoms with Gasteiger partial charge in [0.05, 0.1) is 17.7 Å². The molecule has 0 atom stereocenters. The Labute approximate surface area is 165 Å². The Morgan fingerprint density at radius 3 is 2.66 bits per heavy atom. The highest BCUT2D eigenvalue weighted by molar-refractivity contribution is 7.89. The molecule has 1 aliphatic rings. The molecule has 0 amide bonds. The van der Waals surface area contributed by atoms with E-state index in [0.29, 0.717) is 18.5 Å². The summed E-state index contributed by atoms with van der Waals surface area (Å²) in [6, 6.07) is 2.67. The molecule has 2 aromatic rings. The first-order chi connectivity index (χ1) is 13.5. The van der Waals surface area contributed by atoms with E-state index in [1.165, 1.54) is 6.07 Å². The van der Waals surface area contributed by atoms with Crippen molar-refractivity contribution in [3.8, 4) is 0 Å². The third-order valence-electron chi connectivity index (χ3n) is 4.76. The SMILES string of the molecule is CCOC(=O)c1cc(S(=O)(=O)NC2CC(c3cc(C(F)(F)F)ccn3)C2)[nH]c1C. The number of aryl methyl sites for hydroxylation is 1. The van der Waals surface area contributed by atoms with Crippen molar-refractivity contribution in [3.05, 3.63) is 46.9 Å². The van der Waals surface area contributed by atoms with Crippen LogP contribution in [0.3, 0.4) is 0 Å². The van der Waals surface area contributed by atoms with Gasteiger partial charge in [0, 0.05) is 29.5 Å². The highest BCUT2D eigenvalue weighted by Gasteiger charge is 2.37. The number of hydrogen-bond acceptors (Lipinski definition) is 5. The van der Waals surface area contributed by atoms with Gasteiger partial charge in [-0.25, -0.2) is 17.9 Å². The van der Waals surface area contributed by atoms with Crippen molar-refractivity contribution >= 4 is 16.0 Å². The van der Waals surface area contributed by atoms with Gasteiger partial charge in [-0.3, -0.25) is 4.98 Å². The van der Waals surface area contributed by atoms with E-state index in [-0.39, 0.29) is 28.8 Å². The summed E-state index contributed by atoms with van der Waals surface area (Å²) in [7, 11) is -3.92. The molecule has 1 aliphatic carbocycles. The molecule has 0 saturated heterocycles. The van der Waals surface area contributed by atoms with Crippen molar-refractivity contribution < 1.29 is 31.1 Å². The number of hydrogen-bond donors (Lipinski definition) is 2. The summed E-state index contributed by atoms with van der Waals surface area (Å²) in [5.74, 6) is -0.882. The molecule has 2 aromatic heterocycles. The first kappa shape index (κ1) is 21.3. The summed E-state index contributed by atoms with van der Waals surface area (Å²) < 4.78 is 71.0. The number of rotatable bonds is 6. The second-order valence-electron chi connectivity index (χ2n) is 6.85. The fourth-order valence-corrected chi connectivity index (χ4v) is 4.50. The van der Waals surface area contributed by atoms with E-state index < -0.39 is 33.8 Å². The third kappa shape index (κ3) is 4.61. The molecular formula is C18H20F3N3O4S. The second kappa shape index (κ2) is 7.79. The smallest absolute Gasteiger partial charge is 0.416 e. The van der Waals surface area contributed by atoms with Crippen molar-refractivity contribution in [2.45, 2.75) is 49.9 Å². The number of ether oxygens (including phenoxy) is 1. The van der Waals surface area contributed by atoms with Gasteiger partial charge in [0.1, 0.15) is 5.03 Å². The van der Waals surface area contributed by atoms with Crippen LogP contribution in [0.15, 0.2) is 29.4 Å². The molecule has 0 aromatic carbocycles. The largest absolute Gasteiger partial charge is 0.462 e. The molecule has 11 heteroatoms. The van der Waals surface area contributed by atoms with Crippen LogP contribution in [0, 0.1) is 6.92 Å². The zero-order valence-electron chi connectivity index (χ0n) is 15.7. The Morgan fingerprint density at radius 1 is 1.34 bits per heavy atom. The molecule has 3 rings (SSSR count). The highest BCUT2D eigenvalue weighted by Crippen LogP contribution is 2.38. The maximum absolute atomic E-state index is 12.8. The summed E-state index contributed by atoms with van der Waals surface area (Å²) in [4.78, 5) is 18.5. The lowest BCUT2D eigenvalue weighted by Crippen LogP contribution is -2.43. The van der Waals surface area contributed by atoms with Crippen molar-refractivity contribution in [3.63, 3.8) is 0 Å². The predicted octanol–water partition coefficient (Wildman–Crippen LogP) is 3.14. The summed E-state index contributed by atoms with van der Waals surface area (Å²) >= 11 is 0. The number of carbonyl (C=O) groups excluding carboxylic acids is 1. The monoisotopic (exact) mass is 431 g/mol. The molecule has 1 fully saturated rings. The molecule has 0 aliphatic heterocycles. The van der Waals surface area contributed by atoms with E-state index in [9.17, 15) is 26.4 Å². The molecule has 29 heavy (non-hydrogen) atoms. The number of aromatic nitrogens is 2. The van der Waals surface area contributed by atoms with Gasteiger partial charge in [-0.05, 0) is 44.9 Å². The van der Waals surface area contributed by atoms with Crippen LogP contribution in [-0.4, -0.2) is 37.0 Å². The number of nitrogens with one attached hydrogen (secondary N) is 2. The first-order valence-electron chi connectivity index (χ1n) is 8.93. The summed E-state index contributed by atoms with van der Waals surface area (Å²) in [6.45, 7) is 3.37. The Bertz CT molecular complexity index is 1010. The zero-order valence-corrected chi connectivity index (χ0v) is 16.5. The molecule has 2 heterocycles. The average molecular weight is 431 g/mol. The normalized spacial score (nSPS) is 19.6. The minimum atomic E-state index is -4.45. The van der Waals surface area contributed by atoms with Crippen LogP contribution >= 0.6 is 0 Å². The lowest BCUT2D eigenvalue weighted by atomic mass is 9.78. The summed E-state index contributed by atoms with van der Waals surface area (Å²) in [6.07, 6.45) is -2.69. The van der Waals surface area contributed by atoms with Crippen molar-refractivity contribution in [1.29, 1.82) is 0 Å². The van der Waals surface area contributed by atoms with Gasteiger partial charge in [0.2, 0.25) is 0 Å². The number of sulfonamides is 1. The fraction of sp³-hybridized carbons (Fsp3) is 0.444. The molecular weight excluding hydrogens is 411 g/mol. The third-order valence-corrected chi connectivity index (χ3v) is 6.20. The zero-order chi connectivity index (χ0) is 21.4. The number of H-pyrrole nitrogens is 1. The van der Waals surface area contributed by atoms with E-state index in [0.717, 1.165) is 18.3 Å². The van der Waals surface area contributed by atoms with E-state index in [1.807, 2.05) is 0 Å². The maximum Gasteiger partial charge on any atom is 0.416 e. The standard InChI is InChI=1S/C18H20F3N3O4S/c1-3-28-17(25)14-9-16(23-10(14)2)29(26,27)24-13-6-11(7-13)15-8-12(4-5-22-15)18(19,20)21/h4-5,8-9,11,13,23-24H,3,6-7H2,1-2H3. The van der Waals surface area contributed by atoms with Crippen LogP contribution < -0.4 is 4.72 Å². The van der Waals surface area contributed by atoms with Crippen molar-refractivity contribution in [2.24, 2.45) is 0 Å². The molecule has 0 unspecified atom stereocenters. The van der Waals surface area contributed by atoms with E-state index >= 15 is 0 Å². The van der Waals surface area contributed by atoms with Gasteiger partial charge in [0.25, 0.3) is 10.0 Å². The second-order valence-corrected chi connectivity index (χ2v) is 8.53. The van der Waals surface area contributed by atoms with Crippen LogP contribution in [0.2, 0.25) is 0 Å². The van der Waals surface area contributed by atoms with Gasteiger partial charge in [0.15, 0.2) is 0 Å². The number of halogens is 3. The molecule has 7 nitrogen and oxygen atoms in total. The van der Waals surface area contributed by atoms with Crippen LogP contribution in [0.4, 0.5) is 13.2 Å². The quantitative estimate of drug-likeness (QED) is 0.685. The number of aromatic amines is 1. The van der Waals surface area contributed by atoms with E-state index in [1.54, 1.807) is 13.8 Å². The lowest BCUT2D eigenvalue weighted by Gasteiger charge is -2.35. The van der Waals surface area contributed by atoms with Gasteiger partial charge in [-0.15, -0.1) is 0 Å². The Kier molecular flexibility index (Phi) is 5.72. The molecule has 0 bridgehead atoms. The maximum atomic E-state index is 12.8.